The lowest BCUT2D eigenvalue weighted by Crippen LogP contribution is -2.26. The maximum atomic E-state index is 2.43. The van der Waals surface area contributed by atoms with E-state index < -0.39 is 0 Å². The number of hydrogen-bond donors (Lipinski definition) is 0. The van der Waals surface area contributed by atoms with Gasteiger partial charge in [0, 0.05) is 41.6 Å². The lowest BCUT2D eigenvalue weighted by atomic mass is 9.71. The fraction of sp³-hybridized carbons (Fsp3) is 0.326. The van der Waals surface area contributed by atoms with Gasteiger partial charge in [-0.2, -0.15) is 4.58 Å². The SMILES string of the molecule is CN1/C(=C/C=C/C2=CC(=C/C=C/C3=[N+](C)c4ccc5ccccc5c4C3(C)C)/CC(C(C)(C)C)C2)C(C)(C)c2c1ccc1ccccc21. The average molecular weight is 632 g/mol. The van der Waals surface area contributed by atoms with Gasteiger partial charge in [-0.25, -0.2) is 0 Å². The Kier molecular flexibility index (Phi) is 7.78. The van der Waals surface area contributed by atoms with Gasteiger partial charge < -0.3 is 4.90 Å². The normalized spacial score (nSPS) is 22.1. The summed E-state index contributed by atoms with van der Waals surface area (Å²) in [6.45, 7) is 16.6. The molecule has 0 N–H and O–H groups in total. The molecule has 244 valence electrons. The van der Waals surface area contributed by atoms with Crippen LogP contribution in [-0.4, -0.2) is 24.4 Å². The molecule has 0 radical (unpaired) electrons. The van der Waals surface area contributed by atoms with Crippen LogP contribution in [0.15, 0.2) is 132 Å². The predicted molar refractivity (Wildman–Crippen MR) is 208 cm³/mol. The number of anilines is 1. The number of benzene rings is 4. The number of fused-ring (bicyclic) bond motifs is 6. The molecule has 0 saturated carbocycles. The fourth-order valence-corrected chi connectivity index (χ4v) is 8.75. The first-order valence-electron chi connectivity index (χ1n) is 17.6. The maximum absolute atomic E-state index is 2.43. The quantitative estimate of drug-likeness (QED) is 0.203. The van der Waals surface area contributed by atoms with Crippen LogP contribution < -0.4 is 4.90 Å². The molecule has 2 heterocycles. The summed E-state index contributed by atoms with van der Waals surface area (Å²) in [5, 5.41) is 5.33. The summed E-state index contributed by atoms with van der Waals surface area (Å²) < 4.78 is 2.38. The van der Waals surface area contributed by atoms with E-state index in [-0.39, 0.29) is 16.2 Å². The first-order chi connectivity index (χ1) is 22.8. The molecular weight excluding hydrogens is 581 g/mol. The highest BCUT2D eigenvalue weighted by molar-refractivity contribution is 6.07. The number of hydrogen-bond acceptors (Lipinski definition) is 1. The number of likely N-dealkylation sites (N-methyl/N-ethyl adjacent to an activating group) is 1. The van der Waals surface area contributed by atoms with E-state index in [4.69, 9.17) is 0 Å². The molecule has 0 aromatic heterocycles. The summed E-state index contributed by atoms with van der Waals surface area (Å²) in [5.74, 6) is 0.588. The third kappa shape index (κ3) is 5.30. The molecule has 2 nitrogen and oxygen atoms in total. The smallest absolute Gasteiger partial charge is 0.210 e. The van der Waals surface area contributed by atoms with E-state index in [1.807, 2.05) is 0 Å². The minimum Gasteiger partial charge on any atom is -0.347 e. The van der Waals surface area contributed by atoms with Gasteiger partial charge in [0.2, 0.25) is 5.69 Å². The topological polar surface area (TPSA) is 6.25 Å². The zero-order valence-corrected chi connectivity index (χ0v) is 30.4. The molecule has 0 bridgehead atoms. The third-order valence-electron chi connectivity index (χ3n) is 11.5. The Morgan fingerprint density at radius 3 is 2.04 bits per heavy atom. The fourth-order valence-electron chi connectivity index (χ4n) is 8.75. The Morgan fingerprint density at radius 1 is 0.729 bits per heavy atom. The molecule has 2 heteroatoms. The van der Waals surface area contributed by atoms with Crippen molar-refractivity contribution in [1.82, 2.24) is 0 Å². The highest BCUT2D eigenvalue weighted by Gasteiger charge is 2.44. The van der Waals surface area contributed by atoms with Crippen LogP contribution in [0.1, 0.15) is 72.4 Å². The molecule has 1 atom stereocenters. The van der Waals surface area contributed by atoms with E-state index in [1.54, 1.807) is 0 Å². The van der Waals surface area contributed by atoms with Crippen LogP contribution in [0.5, 0.6) is 0 Å². The molecule has 2 aliphatic heterocycles. The van der Waals surface area contributed by atoms with E-state index in [2.05, 4.69) is 187 Å². The molecule has 0 spiro atoms. The minimum atomic E-state index is -0.0785. The summed E-state index contributed by atoms with van der Waals surface area (Å²) in [6.07, 6.45) is 18.6. The molecule has 0 fully saturated rings. The highest BCUT2D eigenvalue weighted by atomic mass is 15.2. The number of allylic oxidation sites excluding steroid dienone is 10. The van der Waals surface area contributed by atoms with Gasteiger partial charge >= 0.3 is 0 Å². The Labute approximate surface area is 288 Å². The Morgan fingerprint density at radius 2 is 1.35 bits per heavy atom. The first kappa shape index (κ1) is 32.1. The molecule has 4 aromatic rings. The van der Waals surface area contributed by atoms with Gasteiger partial charge in [-0.05, 0) is 94.5 Å². The Hall–Kier alpha value is -4.43. The van der Waals surface area contributed by atoms with Crippen molar-refractivity contribution in [3.05, 3.63) is 143 Å². The third-order valence-corrected chi connectivity index (χ3v) is 11.5. The van der Waals surface area contributed by atoms with Crippen LogP contribution in [0.4, 0.5) is 11.4 Å². The van der Waals surface area contributed by atoms with Crippen LogP contribution >= 0.6 is 0 Å². The second-order valence-electron chi connectivity index (χ2n) is 16.3. The van der Waals surface area contributed by atoms with Crippen molar-refractivity contribution in [3.63, 3.8) is 0 Å². The largest absolute Gasteiger partial charge is 0.347 e. The lowest BCUT2D eigenvalue weighted by molar-refractivity contribution is -0.401. The Balaban J connectivity index is 1.18. The average Bonchev–Trinajstić information content (AvgIpc) is 3.38. The van der Waals surface area contributed by atoms with Gasteiger partial charge in [0.1, 0.15) is 7.05 Å². The number of rotatable bonds is 4. The van der Waals surface area contributed by atoms with Crippen molar-refractivity contribution in [2.75, 3.05) is 19.0 Å². The first-order valence-corrected chi connectivity index (χ1v) is 17.6. The lowest BCUT2D eigenvalue weighted by Gasteiger charge is -2.34. The summed E-state index contributed by atoms with van der Waals surface area (Å²) in [4.78, 5) is 2.38. The Bertz CT molecular complexity index is 2130. The van der Waals surface area contributed by atoms with Crippen molar-refractivity contribution < 1.29 is 4.58 Å². The molecule has 48 heavy (non-hydrogen) atoms. The maximum Gasteiger partial charge on any atom is 0.210 e. The monoisotopic (exact) mass is 631 g/mol. The second kappa shape index (κ2) is 11.6. The van der Waals surface area contributed by atoms with Gasteiger partial charge in [-0.1, -0.05) is 120 Å². The standard InChI is InChI=1S/C46H51N2/c1-44(2,3)35-29-31(16-14-22-40-45(4,5)42-36-20-12-10-18-33(36)24-26-38(42)47(40)8)28-32(30-35)17-15-23-41-46(6,7)43-37-21-13-11-19-34(37)25-27-39(43)48(41)9/h10-28,35H,29-30H2,1-9H3/q+1. The van der Waals surface area contributed by atoms with E-state index in [0.29, 0.717) is 5.92 Å². The van der Waals surface area contributed by atoms with Gasteiger partial charge in [0.05, 0.1) is 5.41 Å². The van der Waals surface area contributed by atoms with Gasteiger partial charge in [0.15, 0.2) is 5.71 Å². The predicted octanol–water partition coefficient (Wildman–Crippen LogP) is 11.7. The van der Waals surface area contributed by atoms with Gasteiger partial charge in [0.25, 0.3) is 0 Å². The molecule has 3 aliphatic rings. The van der Waals surface area contributed by atoms with Gasteiger partial charge in [-0.15, -0.1) is 0 Å². The van der Waals surface area contributed by atoms with E-state index in [0.717, 1.165) is 12.8 Å². The molecule has 7 rings (SSSR count). The highest BCUT2D eigenvalue weighted by Crippen LogP contribution is 2.50. The summed E-state index contributed by atoms with van der Waals surface area (Å²) in [5.41, 5.74) is 11.0. The summed E-state index contributed by atoms with van der Waals surface area (Å²) >= 11 is 0. The molecular formula is C46H51N2+. The molecule has 4 aromatic carbocycles. The van der Waals surface area contributed by atoms with Crippen LogP contribution in [0, 0.1) is 11.3 Å². The van der Waals surface area contributed by atoms with E-state index in [9.17, 15) is 0 Å². The molecule has 1 aliphatic carbocycles. The minimum absolute atomic E-state index is 0.0785. The van der Waals surface area contributed by atoms with Crippen LogP contribution in [0.25, 0.3) is 21.5 Å². The zero-order valence-electron chi connectivity index (χ0n) is 30.4. The van der Waals surface area contributed by atoms with E-state index in [1.165, 1.54) is 66.6 Å². The van der Waals surface area contributed by atoms with Crippen molar-refractivity contribution in [1.29, 1.82) is 0 Å². The number of nitrogens with zero attached hydrogens (tertiary/aromatic N) is 2. The molecule has 0 saturated heterocycles. The molecule has 0 amide bonds. The van der Waals surface area contributed by atoms with Crippen molar-refractivity contribution in [3.8, 4) is 0 Å². The zero-order chi connectivity index (χ0) is 34.0. The van der Waals surface area contributed by atoms with Crippen molar-refractivity contribution in [2.45, 2.75) is 72.1 Å². The van der Waals surface area contributed by atoms with Crippen LogP contribution in [-0.2, 0) is 10.8 Å². The molecule has 1 unspecified atom stereocenters. The summed E-state index contributed by atoms with van der Waals surface area (Å²) in [6, 6.07) is 26.7. The second-order valence-corrected chi connectivity index (χ2v) is 16.3. The van der Waals surface area contributed by atoms with Gasteiger partial charge in [-0.3, -0.25) is 0 Å². The van der Waals surface area contributed by atoms with Crippen LogP contribution in [0.2, 0.25) is 0 Å². The van der Waals surface area contributed by atoms with Crippen LogP contribution in [0.3, 0.4) is 0 Å². The van der Waals surface area contributed by atoms with Crippen molar-refractivity contribution in [2.24, 2.45) is 11.3 Å². The van der Waals surface area contributed by atoms with Crippen molar-refractivity contribution >= 4 is 38.6 Å². The summed E-state index contributed by atoms with van der Waals surface area (Å²) in [7, 11) is 4.43. The van der Waals surface area contributed by atoms with E-state index >= 15 is 0 Å².